The highest BCUT2D eigenvalue weighted by atomic mass is 16.5. The van der Waals surface area contributed by atoms with Crippen LogP contribution in [0.15, 0.2) is 48.5 Å². The van der Waals surface area contributed by atoms with Crippen molar-refractivity contribution in [1.29, 1.82) is 0 Å². The van der Waals surface area contributed by atoms with Crippen LogP contribution in [0, 0.1) is 0 Å². The molecule has 2 aromatic rings. The third-order valence-electron chi connectivity index (χ3n) is 6.93. The van der Waals surface area contributed by atoms with Crippen LogP contribution >= 0.6 is 0 Å². The average Bonchev–Trinajstić information content (AvgIpc) is 2.97. The van der Waals surface area contributed by atoms with Gasteiger partial charge >= 0.3 is 12.1 Å². The molecule has 2 amide bonds. The lowest BCUT2D eigenvalue weighted by molar-refractivity contribution is -0.154. The van der Waals surface area contributed by atoms with E-state index in [-0.39, 0.29) is 19.1 Å². The third-order valence-corrected chi connectivity index (χ3v) is 6.93. The Morgan fingerprint density at radius 3 is 2.26 bits per heavy atom. The van der Waals surface area contributed by atoms with Gasteiger partial charge in [-0.3, -0.25) is 4.79 Å². The molecule has 2 atom stereocenters. The molecule has 35 heavy (non-hydrogen) atoms. The number of methoxy groups -OCH3 is 1. The fourth-order valence-corrected chi connectivity index (χ4v) is 5.22. The Morgan fingerprint density at radius 1 is 1.03 bits per heavy atom. The average molecular weight is 481 g/mol. The van der Waals surface area contributed by atoms with Gasteiger partial charge in [-0.05, 0) is 42.0 Å². The van der Waals surface area contributed by atoms with Gasteiger partial charge in [0.1, 0.15) is 18.2 Å². The zero-order valence-electron chi connectivity index (χ0n) is 20.2. The van der Waals surface area contributed by atoms with Crippen LogP contribution in [0.25, 0.3) is 11.1 Å². The van der Waals surface area contributed by atoms with Crippen LogP contribution in [0.5, 0.6) is 0 Å². The van der Waals surface area contributed by atoms with Crippen molar-refractivity contribution in [1.82, 2.24) is 10.2 Å². The fourth-order valence-electron chi connectivity index (χ4n) is 5.22. The maximum Gasteiger partial charge on any atom is 0.408 e. The molecule has 1 aliphatic carbocycles. The van der Waals surface area contributed by atoms with Crippen molar-refractivity contribution in [3.8, 4) is 11.1 Å². The molecule has 0 spiro atoms. The summed E-state index contributed by atoms with van der Waals surface area (Å²) in [5, 5.41) is 12.4. The van der Waals surface area contributed by atoms with E-state index in [4.69, 9.17) is 9.47 Å². The summed E-state index contributed by atoms with van der Waals surface area (Å²) in [5.74, 6) is -1.64. The van der Waals surface area contributed by atoms with Crippen LogP contribution in [0.2, 0.25) is 0 Å². The Balaban J connectivity index is 1.48. The maximum atomic E-state index is 13.5. The zero-order chi connectivity index (χ0) is 25.0. The van der Waals surface area contributed by atoms with E-state index in [0.29, 0.717) is 19.4 Å². The first-order chi connectivity index (χ1) is 16.9. The monoisotopic (exact) mass is 480 g/mol. The fraction of sp³-hybridized carbons (Fsp3) is 0.444. The minimum atomic E-state index is -1.46. The molecule has 186 valence electrons. The number of likely N-dealkylation sites (tertiary alicyclic amines) is 1. The summed E-state index contributed by atoms with van der Waals surface area (Å²) in [6.07, 6.45) is 1.94. The second kappa shape index (κ2) is 10.5. The summed E-state index contributed by atoms with van der Waals surface area (Å²) in [6, 6.07) is 15.2. The number of alkyl carbamates (subject to hydrolysis) is 1. The summed E-state index contributed by atoms with van der Waals surface area (Å²) in [5.41, 5.74) is 2.96. The van der Waals surface area contributed by atoms with Crippen molar-refractivity contribution in [3.05, 3.63) is 59.7 Å². The number of nitrogens with one attached hydrogen (secondary N) is 1. The first-order valence-electron chi connectivity index (χ1n) is 12.0. The van der Waals surface area contributed by atoms with Crippen LogP contribution in [0.3, 0.4) is 0 Å². The summed E-state index contributed by atoms with van der Waals surface area (Å²) in [7, 11) is 1.43. The van der Waals surface area contributed by atoms with E-state index in [1.165, 1.54) is 12.0 Å². The lowest BCUT2D eigenvalue weighted by Gasteiger charge is -2.36. The van der Waals surface area contributed by atoms with Crippen LogP contribution in [0.1, 0.15) is 49.7 Å². The number of hydrogen-bond acceptors (Lipinski definition) is 5. The van der Waals surface area contributed by atoms with Crippen molar-refractivity contribution in [2.24, 2.45) is 0 Å². The molecule has 2 N–H and O–H groups in total. The second-order valence-corrected chi connectivity index (χ2v) is 9.42. The van der Waals surface area contributed by atoms with Crippen molar-refractivity contribution >= 4 is 18.0 Å². The molecule has 0 radical (unpaired) electrons. The molecule has 0 bridgehead atoms. The number of hydrogen-bond donors (Lipinski definition) is 2. The van der Waals surface area contributed by atoms with Crippen molar-refractivity contribution in [3.63, 3.8) is 0 Å². The van der Waals surface area contributed by atoms with Crippen molar-refractivity contribution in [2.75, 3.05) is 26.9 Å². The predicted molar refractivity (Wildman–Crippen MR) is 130 cm³/mol. The van der Waals surface area contributed by atoms with Crippen LogP contribution in [0.4, 0.5) is 4.79 Å². The largest absolute Gasteiger partial charge is 0.480 e. The smallest absolute Gasteiger partial charge is 0.408 e. The highest BCUT2D eigenvalue weighted by Crippen LogP contribution is 2.44. The molecular formula is C27H32N2O6. The normalized spacial score (nSPS) is 19.1. The molecule has 8 heteroatoms. The highest BCUT2D eigenvalue weighted by Gasteiger charge is 2.43. The molecule has 4 rings (SSSR count). The van der Waals surface area contributed by atoms with E-state index in [1.807, 2.05) is 36.4 Å². The second-order valence-electron chi connectivity index (χ2n) is 9.42. The summed E-state index contributed by atoms with van der Waals surface area (Å²) < 4.78 is 10.9. The van der Waals surface area contributed by atoms with Gasteiger partial charge in [-0.15, -0.1) is 0 Å². The van der Waals surface area contributed by atoms with Gasteiger partial charge in [0.25, 0.3) is 5.91 Å². The van der Waals surface area contributed by atoms with Gasteiger partial charge in [0.15, 0.2) is 0 Å². The van der Waals surface area contributed by atoms with Gasteiger partial charge in [-0.1, -0.05) is 61.4 Å². The van der Waals surface area contributed by atoms with E-state index in [2.05, 4.69) is 17.4 Å². The number of amides is 2. The number of carboxylic acid groups (broad SMARTS) is 1. The lowest BCUT2D eigenvalue weighted by atomic mass is 9.98. The van der Waals surface area contributed by atoms with E-state index >= 15 is 0 Å². The van der Waals surface area contributed by atoms with E-state index < -0.39 is 29.6 Å². The van der Waals surface area contributed by atoms with E-state index in [9.17, 15) is 19.5 Å². The topological polar surface area (TPSA) is 105 Å². The number of carbonyl (C=O) groups is 3. The van der Waals surface area contributed by atoms with Gasteiger partial charge in [0, 0.05) is 19.6 Å². The standard InChI is InChI=1S/C27H32N2O6/c1-27(17-34-2,25(32)29-15-9-3-4-14-23(29)24(30)31)28-26(33)35-16-22-20-12-7-5-10-18(20)19-11-6-8-13-21(19)22/h5-8,10-13,22-23H,3-4,9,14-17H2,1-2H3,(H,28,33)(H,30,31). The van der Waals surface area contributed by atoms with Gasteiger partial charge in [0.2, 0.25) is 0 Å². The molecule has 2 aromatic carbocycles. The molecule has 1 heterocycles. The number of nitrogens with zero attached hydrogens (tertiary/aromatic N) is 1. The number of carbonyl (C=O) groups excluding carboxylic acids is 2. The lowest BCUT2D eigenvalue weighted by Crippen LogP contribution is -2.63. The minimum Gasteiger partial charge on any atom is -0.480 e. The minimum absolute atomic E-state index is 0.110. The highest BCUT2D eigenvalue weighted by molar-refractivity contribution is 5.92. The Hall–Kier alpha value is -3.39. The van der Waals surface area contributed by atoms with Gasteiger partial charge < -0.3 is 24.8 Å². The molecule has 1 aliphatic heterocycles. The SMILES string of the molecule is COCC(C)(NC(=O)OCC1c2ccccc2-c2ccccc21)C(=O)N1CCCCCC1C(=O)O. The number of carboxylic acids is 1. The molecular weight excluding hydrogens is 448 g/mol. The zero-order valence-corrected chi connectivity index (χ0v) is 20.2. The molecule has 0 saturated carbocycles. The molecule has 8 nitrogen and oxygen atoms in total. The predicted octanol–water partition coefficient (Wildman–Crippen LogP) is 3.79. The number of ether oxygens (including phenoxy) is 2. The Bertz CT molecular complexity index is 1060. The Labute approximate surface area is 205 Å². The number of aliphatic carboxylic acids is 1. The molecule has 0 aromatic heterocycles. The maximum absolute atomic E-state index is 13.5. The Kier molecular flexibility index (Phi) is 7.40. The first-order valence-corrected chi connectivity index (χ1v) is 12.0. The van der Waals surface area contributed by atoms with Crippen molar-refractivity contribution < 1.29 is 29.0 Å². The number of benzene rings is 2. The van der Waals surface area contributed by atoms with Crippen LogP contribution < -0.4 is 5.32 Å². The van der Waals surface area contributed by atoms with E-state index in [1.54, 1.807) is 6.92 Å². The van der Waals surface area contributed by atoms with Gasteiger partial charge in [-0.25, -0.2) is 9.59 Å². The summed E-state index contributed by atoms with van der Waals surface area (Å²) >= 11 is 0. The van der Waals surface area contributed by atoms with Gasteiger partial charge in [0.05, 0.1) is 6.61 Å². The quantitative estimate of drug-likeness (QED) is 0.625. The van der Waals surface area contributed by atoms with Crippen LogP contribution in [-0.4, -0.2) is 66.4 Å². The summed E-state index contributed by atoms with van der Waals surface area (Å²) in [4.78, 5) is 39.6. The number of rotatable bonds is 7. The molecule has 1 saturated heterocycles. The van der Waals surface area contributed by atoms with E-state index in [0.717, 1.165) is 35.1 Å². The third kappa shape index (κ3) is 5.03. The molecule has 2 aliphatic rings. The first kappa shape index (κ1) is 24.7. The number of fused-ring (bicyclic) bond motifs is 3. The van der Waals surface area contributed by atoms with Gasteiger partial charge in [-0.2, -0.15) is 0 Å². The molecule has 1 fully saturated rings. The molecule has 2 unspecified atom stereocenters. The van der Waals surface area contributed by atoms with Crippen LogP contribution in [-0.2, 0) is 19.1 Å². The Morgan fingerprint density at radius 2 is 1.66 bits per heavy atom. The summed E-state index contributed by atoms with van der Waals surface area (Å²) in [6.45, 7) is 1.86. The van der Waals surface area contributed by atoms with Crippen molar-refractivity contribution in [2.45, 2.75) is 50.1 Å².